The summed E-state index contributed by atoms with van der Waals surface area (Å²) >= 11 is 0. The Balaban J connectivity index is 1.51. The summed E-state index contributed by atoms with van der Waals surface area (Å²) in [5, 5.41) is 4.20. The van der Waals surface area contributed by atoms with Gasteiger partial charge in [0, 0.05) is 18.1 Å². The molecule has 4 rings (SSSR count). The smallest absolute Gasteiger partial charge is 0.166 e. The van der Waals surface area contributed by atoms with E-state index in [1.807, 2.05) is 31.2 Å². The minimum atomic E-state index is -0.429. The van der Waals surface area contributed by atoms with Crippen molar-refractivity contribution < 1.29 is 9.13 Å². The highest BCUT2D eigenvalue weighted by Gasteiger charge is 2.08. The van der Waals surface area contributed by atoms with Gasteiger partial charge in [0.2, 0.25) is 0 Å². The SMILES string of the molecule is Cc1ccc2ncnc(NCc3ccc(Oc4cccnc4)c(F)c3)c2c1. The number of benzene rings is 2. The summed E-state index contributed by atoms with van der Waals surface area (Å²) in [6.07, 6.45) is 4.69. The maximum absolute atomic E-state index is 14.4. The molecule has 0 aliphatic carbocycles. The van der Waals surface area contributed by atoms with Crippen LogP contribution >= 0.6 is 0 Å². The molecule has 0 atom stereocenters. The molecule has 0 unspecified atom stereocenters. The van der Waals surface area contributed by atoms with Crippen LogP contribution in [0.5, 0.6) is 11.5 Å². The Labute approximate surface area is 155 Å². The standard InChI is InChI=1S/C21H17FN4O/c1-14-4-6-19-17(9-14)21(26-13-25-19)24-11-15-5-7-20(18(22)10-15)27-16-3-2-8-23-12-16/h2-10,12-13H,11H2,1H3,(H,24,25,26). The number of anilines is 1. The van der Waals surface area contributed by atoms with E-state index in [9.17, 15) is 4.39 Å². The van der Waals surface area contributed by atoms with Crippen molar-refractivity contribution in [2.45, 2.75) is 13.5 Å². The Bertz CT molecular complexity index is 1090. The predicted molar refractivity (Wildman–Crippen MR) is 102 cm³/mol. The fraction of sp³-hybridized carbons (Fsp3) is 0.0952. The van der Waals surface area contributed by atoms with Crippen molar-refractivity contribution in [2.75, 3.05) is 5.32 Å². The second-order valence-corrected chi connectivity index (χ2v) is 6.15. The number of halogens is 1. The van der Waals surface area contributed by atoms with Gasteiger partial charge in [-0.15, -0.1) is 0 Å². The molecule has 0 radical (unpaired) electrons. The minimum Gasteiger partial charge on any atom is -0.453 e. The molecule has 5 nitrogen and oxygen atoms in total. The molecule has 0 saturated heterocycles. The van der Waals surface area contributed by atoms with Crippen LogP contribution in [-0.4, -0.2) is 15.0 Å². The number of aryl methyl sites for hydroxylation is 1. The van der Waals surface area contributed by atoms with Gasteiger partial charge >= 0.3 is 0 Å². The summed E-state index contributed by atoms with van der Waals surface area (Å²) < 4.78 is 19.9. The molecule has 0 aliphatic heterocycles. The van der Waals surface area contributed by atoms with E-state index in [1.165, 1.54) is 18.6 Å². The monoisotopic (exact) mass is 360 g/mol. The number of ether oxygens (including phenoxy) is 1. The van der Waals surface area contributed by atoms with Gasteiger partial charge in [-0.05, 0) is 48.9 Å². The second kappa shape index (κ2) is 7.37. The van der Waals surface area contributed by atoms with Gasteiger partial charge in [-0.2, -0.15) is 0 Å². The van der Waals surface area contributed by atoms with Crippen molar-refractivity contribution in [3.8, 4) is 11.5 Å². The van der Waals surface area contributed by atoms with E-state index in [-0.39, 0.29) is 5.75 Å². The fourth-order valence-corrected chi connectivity index (χ4v) is 2.77. The summed E-state index contributed by atoms with van der Waals surface area (Å²) in [6.45, 7) is 2.46. The summed E-state index contributed by atoms with van der Waals surface area (Å²) in [5.74, 6) is 0.946. The van der Waals surface area contributed by atoms with Gasteiger partial charge in [0.25, 0.3) is 0 Å². The zero-order valence-electron chi connectivity index (χ0n) is 14.7. The van der Waals surface area contributed by atoms with E-state index >= 15 is 0 Å². The van der Waals surface area contributed by atoms with Crippen molar-refractivity contribution in [1.82, 2.24) is 15.0 Å². The third kappa shape index (κ3) is 3.84. The average molecular weight is 360 g/mol. The normalized spacial score (nSPS) is 10.7. The van der Waals surface area contributed by atoms with Crippen LogP contribution in [0.3, 0.4) is 0 Å². The molecule has 2 aromatic carbocycles. The van der Waals surface area contributed by atoms with E-state index in [0.29, 0.717) is 12.3 Å². The summed E-state index contributed by atoms with van der Waals surface area (Å²) in [5.41, 5.74) is 2.78. The Morgan fingerprint density at radius 1 is 1.07 bits per heavy atom. The van der Waals surface area contributed by atoms with Crippen molar-refractivity contribution >= 4 is 16.7 Å². The van der Waals surface area contributed by atoms with Crippen molar-refractivity contribution in [3.05, 3.63) is 84.2 Å². The number of fused-ring (bicyclic) bond motifs is 1. The highest BCUT2D eigenvalue weighted by Crippen LogP contribution is 2.25. The molecule has 1 N–H and O–H groups in total. The second-order valence-electron chi connectivity index (χ2n) is 6.15. The Morgan fingerprint density at radius 3 is 2.81 bits per heavy atom. The van der Waals surface area contributed by atoms with Gasteiger partial charge in [-0.3, -0.25) is 4.98 Å². The van der Waals surface area contributed by atoms with Crippen LogP contribution in [-0.2, 0) is 6.54 Å². The van der Waals surface area contributed by atoms with E-state index in [2.05, 4.69) is 20.3 Å². The summed E-state index contributed by atoms with van der Waals surface area (Å²) in [4.78, 5) is 12.5. The first-order valence-electron chi connectivity index (χ1n) is 8.50. The Kier molecular flexibility index (Phi) is 4.61. The van der Waals surface area contributed by atoms with Gasteiger partial charge < -0.3 is 10.1 Å². The highest BCUT2D eigenvalue weighted by atomic mass is 19.1. The molecule has 2 aromatic heterocycles. The molecule has 27 heavy (non-hydrogen) atoms. The summed E-state index contributed by atoms with van der Waals surface area (Å²) in [7, 11) is 0. The van der Waals surface area contributed by atoms with E-state index < -0.39 is 5.82 Å². The van der Waals surface area contributed by atoms with Gasteiger partial charge in [0.05, 0.1) is 11.7 Å². The van der Waals surface area contributed by atoms with Crippen molar-refractivity contribution in [3.63, 3.8) is 0 Å². The zero-order valence-corrected chi connectivity index (χ0v) is 14.7. The molecule has 4 aromatic rings. The van der Waals surface area contributed by atoms with Crippen LogP contribution in [0.15, 0.2) is 67.3 Å². The van der Waals surface area contributed by atoms with Crippen molar-refractivity contribution in [2.24, 2.45) is 0 Å². The lowest BCUT2D eigenvalue weighted by Gasteiger charge is -2.11. The number of hydrogen-bond acceptors (Lipinski definition) is 5. The topological polar surface area (TPSA) is 59.9 Å². The number of hydrogen-bond donors (Lipinski definition) is 1. The lowest BCUT2D eigenvalue weighted by Crippen LogP contribution is -2.03. The largest absolute Gasteiger partial charge is 0.453 e. The first-order valence-corrected chi connectivity index (χ1v) is 8.50. The molecular formula is C21H17FN4O. The van der Waals surface area contributed by atoms with Crippen LogP contribution in [0.2, 0.25) is 0 Å². The predicted octanol–water partition coefficient (Wildman–Crippen LogP) is 4.88. The third-order valence-corrected chi connectivity index (χ3v) is 4.11. The average Bonchev–Trinajstić information content (AvgIpc) is 2.69. The number of nitrogens with one attached hydrogen (secondary N) is 1. The van der Waals surface area contributed by atoms with Gasteiger partial charge in [0.1, 0.15) is 17.9 Å². The highest BCUT2D eigenvalue weighted by molar-refractivity contribution is 5.89. The number of rotatable bonds is 5. The molecular weight excluding hydrogens is 343 g/mol. The van der Waals surface area contributed by atoms with Crippen molar-refractivity contribution in [1.29, 1.82) is 0 Å². The maximum Gasteiger partial charge on any atom is 0.166 e. The molecule has 134 valence electrons. The van der Waals surface area contributed by atoms with Crippen LogP contribution in [0, 0.1) is 12.7 Å². The first kappa shape index (κ1) is 16.9. The molecule has 0 amide bonds. The number of nitrogens with zero attached hydrogens (tertiary/aromatic N) is 3. The zero-order chi connectivity index (χ0) is 18.6. The Hall–Kier alpha value is -3.54. The molecule has 0 spiro atoms. The van der Waals surface area contributed by atoms with Crippen LogP contribution in [0.1, 0.15) is 11.1 Å². The van der Waals surface area contributed by atoms with Gasteiger partial charge in [-0.1, -0.05) is 17.7 Å². The quantitative estimate of drug-likeness (QED) is 0.550. The minimum absolute atomic E-state index is 0.162. The molecule has 0 bridgehead atoms. The number of pyridine rings is 1. The molecule has 0 fully saturated rings. The van der Waals surface area contributed by atoms with E-state index in [4.69, 9.17) is 4.74 Å². The molecule has 0 saturated carbocycles. The van der Waals surface area contributed by atoms with Gasteiger partial charge in [-0.25, -0.2) is 14.4 Å². The fourth-order valence-electron chi connectivity index (χ4n) is 2.77. The van der Waals surface area contributed by atoms with Gasteiger partial charge in [0.15, 0.2) is 11.6 Å². The lowest BCUT2D eigenvalue weighted by molar-refractivity contribution is 0.440. The summed E-state index contributed by atoms with van der Waals surface area (Å²) in [6, 6.07) is 14.3. The van der Waals surface area contributed by atoms with E-state index in [1.54, 1.807) is 24.4 Å². The lowest BCUT2D eigenvalue weighted by atomic mass is 10.1. The maximum atomic E-state index is 14.4. The number of aromatic nitrogens is 3. The third-order valence-electron chi connectivity index (χ3n) is 4.11. The Morgan fingerprint density at radius 2 is 2.00 bits per heavy atom. The van der Waals surface area contributed by atoms with Crippen LogP contribution in [0.25, 0.3) is 10.9 Å². The molecule has 2 heterocycles. The van der Waals surface area contributed by atoms with E-state index in [0.717, 1.165) is 27.8 Å². The van der Waals surface area contributed by atoms with Crippen LogP contribution in [0.4, 0.5) is 10.2 Å². The first-order chi connectivity index (χ1) is 13.2. The molecule has 0 aliphatic rings. The van der Waals surface area contributed by atoms with Crippen LogP contribution < -0.4 is 10.1 Å². The molecule has 6 heteroatoms.